The average molecular weight is 376 g/mol. The van der Waals surface area contributed by atoms with Crippen molar-refractivity contribution in [2.75, 3.05) is 18.2 Å². The Morgan fingerprint density at radius 1 is 1.42 bits per heavy atom. The normalized spacial score (nSPS) is 16.7. The number of carbonyl (C=O) groups is 2. The van der Waals surface area contributed by atoms with Crippen molar-refractivity contribution in [3.05, 3.63) is 41.6 Å². The lowest BCUT2D eigenvalue weighted by molar-refractivity contribution is -0.129. The van der Waals surface area contributed by atoms with Crippen LogP contribution in [0, 0.1) is 11.3 Å². The molecule has 0 saturated carbocycles. The zero-order valence-electron chi connectivity index (χ0n) is 13.5. The summed E-state index contributed by atoms with van der Waals surface area (Å²) in [5.41, 5.74) is 0.369. The lowest BCUT2D eigenvalue weighted by Crippen LogP contribution is -2.42. The summed E-state index contributed by atoms with van der Waals surface area (Å²) in [6.45, 7) is -0.268. The number of amides is 2. The van der Waals surface area contributed by atoms with Gasteiger partial charge in [-0.25, -0.2) is 8.78 Å². The fourth-order valence-corrected chi connectivity index (χ4v) is 3.75. The van der Waals surface area contributed by atoms with Crippen molar-refractivity contribution in [3.8, 4) is 6.07 Å². The number of rotatable bonds is 4. The van der Waals surface area contributed by atoms with Gasteiger partial charge in [-0.3, -0.25) is 14.6 Å². The van der Waals surface area contributed by atoms with Crippen LogP contribution in [-0.4, -0.2) is 45.9 Å². The first kappa shape index (κ1) is 18.1. The molecule has 2 heterocycles. The molecule has 0 aliphatic carbocycles. The zero-order valence-corrected chi connectivity index (χ0v) is 14.3. The molecule has 1 fully saturated rings. The number of nitrogens with zero attached hydrogens (tertiary/aromatic N) is 3. The van der Waals surface area contributed by atoms with Crippen molar-refractivity contribution in [3.63, 3.8) is 0 Å². The smallest absolute Gasteiger partial charge is 0.263 e. The quantitative estimate of drug-likeness (QED) is 0.885. The van der Waals surface area contributed by atoms with Gasteiger partial charge in [-0.15, -0.1) is 11.8 Å². The second-order valence-corrected chi connectivity index (χ2v) is 6.63. The van der Waals surface area contributed by atoms with Gasteiger partial charge < -0.3 is 10.2 Å². The van der Waals surface area contributed by atoms with Crippen molar-refractivity contribution >= 4 is 34.5 Å². The Kier molecular flexibility index (Phi) is 5.32. The average Bonchev–Trinajstić information content (AvgIpc) is 3.13. The van der Waals surface area contributed by atoms with E-state index < -0.39 is 18.4 Å². The Morgan fingerprint density at radius 3 is 2.96 bits per heavy atom. The molecule has 134 valence electrons. The third-order valence-corrected chi connectivity index (χ3v) is 5.03. The Bertz CT molecular complexity index is 900. The molecule has 2 aromatic rings. The van der Waals surface area contributed by atoms with Gasteiger partial charge in [0, 0.05) is 22.9 Å². The van der Waals surface area contributed by atoms with Gasteiger partial charge in [0.25, 0.3) is 12.3 Å². The van der Waals surface area contributed by atoms with Gasteiger partial charge >= 0.3 is 0 Å². The van der Waals surface area contributed by atoms with Gasteiger partial charge in [0.05, 0.1) is 29.6 Å². The largest absolute Gasteiger partial charge is 0.343 e. The lowest BCUT2D eigenvalue weighted by atomic mass is 10.1. The highest BCUT2D eigenvalue weighted by Gasteiger charge is 2.29. The van der Waals surface area contributed by atoms with E-state index in [0.717, 1.165) is 0 Å². The van der Waals surface area contributed by atoms with Crippen LogP contribution in [0.3, 0.4) is 0 Å². The maximum absolute atomic E-state index is 12.9. The molecule has 0 radical (unpaired) electrons. The molecule has 1 saturated heterocycles. The predicted octanol–water partition coefficient (Wildman–Crippen LogP) is 2.33. The zero-order chi connectivity index (χ0) is 18.7. The van der Waals surface area contributed by atoms with E-state index in [2.05, 4.69) is 10.3 Å². The van der Waals surface area contributed by atoms with Crippen LogP contribution >= 0.6 is 11.8 Å². The number of hydrogen-bond donors (Lipinski definition) is 1. The summed E-state index contributed by atoms with van der Waals surface area (Å²) in [6, 6.07) is 6.88. The van der Waals surface area contributed by atoms with Crippen LogP contribution in [-0.2, 0) is 4.79 Å². The lowest BCUT2D eigenvalue weighted by Gasteiger charge is -2.18. The first-order chi connectivity index (χ1) is 12.5. The van der Waals surface area contributed by atoms with Crippen LogP contribution < -0.4 is 5.32 Å². The van der Waals surface area contributed by atoms with Crippen LogP contribution in [0.15, 0.2) is 30.5 Å². The minimum Gasteiger partial charge on any atom is -0.343 e. The van der Waals surface area contributed by atoms with Crippen molar-refractivity contribution in [1.29, 1.82) is 5.26 Å². The molecule has 3 rings (SSSR count). The van der Waals surface area contributed by atoms with Crippen molar-refractivity contribution in [2.45, 2.75) is 12.5 Å². The second kappa shape index (κ2) is 7.66. The molecule has 6 nitrogen and oxygen atoms in total. The fraction of sp³-hybridized carbons (Fsp3) is 0.294. The molecule has 1 N–H and O–H groups in total. The summed E-state index contributed by atoms with van der Waals surface area (Å²) >= 11 is 1.47. The number of pyridine rings is 1. The summed E-state index contributed by atoms with van der Waals surface area (Å²) in [7, 11) is 0. The minimum absolute atomic E-state index is 0.165. The van der Waals surface area contributed by atoms with Crippen LogP contribution in [0.4, 0.5) is 8.78 Å². The Labute approximate surface area is 152 Å². The van der Waals surface area contributed by atoms with Gasteiger partial charge in [0.15, 0.2) is 0 Å². The van der Waals surface area contributed by atoms with Crippen molar-refractivity contribution in [1.82, 2.24) is 15.2 Å². The molecule has 26 heavy (non-hydrogen) atoms. The molecule has 0 bridgehead atoms. The topological polar surface area (TPSA) is 86.1 Å². The van der Waals surface area contributed by atoms with E-state index in [1.807, 2.05) is 6.07 Å². The molecule has 0 spiro atoms. The third kappa shape index (κ3) is 3.60. The number of benzene rings is 1. The standard InChI is InChI=1S/C17H14F2N4O2S/c18-16(19)10-1-2-14-13(5-10)12(3-4-21-14)17(25)22-7-15(24)23-9-26-8-11(23)6-20/h1-5,11,16H,7-9H2,(H,22,25)/t11-/m1/s1. The number of nitriles is 1. The van der Waals surface area contributed by atoms with Gasteiger partial charge in [0.1, 0.15) is 6.04 Å². The highest BCUT2D eigenvalue weighted by molar-refractivity contribution is 7.99. The molecule has 9 heteroatoms. The first-order valence-electron chi connectivity index (χ1n) is 7.73. The fourth-order valence-electron chi connectivity index (χ4n) is 2.65. The molecular formula is C17H14F2N4O2S. The van der Waals surface area contributed by atoms with Gasteiger partial charge in [-0.2, -0.15) is 5.26 Å². The molecule has 0 unspecified atom stereocenters. The number of aromatic nitrogens is 1. The number of nitrogens with one attached hydrogen (secondary N) is 1. The number of carbonyl (C=O) groups excluding carboxylic acids is 2. The van der Waals surface area contributed by atoms with Crippen LogP contribution in [0.25, 0.3) is 10.9 Å². The third-order valence-electron chi connectivity index (χ3n) is 4.01. The Morgan fingerprint density at radius 2 is 2.23 bits per heavy atom. The summed E-state index contributed by atoms with van der Waals surface area (Å²) in [5.74, 6) is 0.0313. The predicted molar refractivity (Wildman–Crippen MR) is 92.6 cm³/mol. The maximum atomic E-state index is 12.9. The highest BCUT2D eigenvalue weighted by Crippen LogP contribution is 2.25. The number of halogens is 2. The van der Waals surface area contributed by atoms with E-state index in [1.165, 1.54) is 47.1 Å². The van der Waals surface area contributed by atoms with Crippen molar-refractivity contribution < 1.29 is 18.4 Å². The minimum atomic E-state index is -2.66. The van der Waals surface area contributed by atoms with E-state index in [1.54, 1.807) is 0 Å². The number of hydrogen-bond acceptors (Lipinski definition) is 5. The van der Waals surface area contributed by atoms with E-state index in [4.69, 9.17) is 5.26 Å². The molecular weight excluding hydrogens is 362 g/mol. The Hall–Kier alpha value is -2.73. The SMILES string of the molecule is N#C[C@@H]1CSCN1C(=O)CNC(=O)c1ccnc2ccc(C(F)F)cc12. The highest BCUT2D eigenvalue weighted by atomic mass is 32.2. The van der Waals surface area contributed by atoms with E-state index in [9.17, 15) is 18.4 Å². The molecule has 1 aromatic carbocycles. The van der Waals surface area contributed by atoms with Crippen molar-refractivity contribution in [2.24, 2.45) is 0 Å². The second-order valence-electron chi connectivity index (χ2n) is 5.63. The molecule has 1 atom stereocenters. The maximum Gasteiger partial charge on any atom is 0.263 e. The first-order valence-corrected chi connectivity index (χ1v) is 8.88. The van der Waals surface area contributed by atoms with Gasteiger partial charge in [-0.05, 0) is 18.2 Å². The van der Waals surface area contributed by atoms with E-state index >= 15 is 0 Å². The molecule has 1 aliphatic rings. The van der Waals surface area contributed by atoms with E-state index in [0.29, 0.717) is 22.5 Å². The molecule has 2 amide bonds. The van der Waals surface area contributed by atoms with Crippen LogP contribution in [0.5, 0.6) is 0 Å². The monoisotopic (exact) mass is 376 g/mol. The molecule has 1 aliphatic heterocycles. The Balaban J connectivity index is 1.76. The number of fused-ring (bicyclic) bond motifs is 1. The van der Waals surface area contributed by atoms with Gasteiger partial charge in [0.2, 0.25) is 5.91 Å². The summed E-state index contributed by atoms with van der Waals surface area (Å²) in [4.78, 5) is 30.1. The van der Waals surface area contributed by atoms with Gasteiger partial charge in [-0.1, -0.05) is 6.07 Å². The summed E-state index contributed by atoms with van der Waals surface area (Å²) in [5, 5.41) is 11.8. The number of thioether (sulfide) groups is 1. The van der Waals surface area contributed by atoms with E-state index in [-0.39, 0.29) is 23.6 Å². The number of alkyl halides is 2. The van der Waals surface area contributed by atoms with Crippen LogP contribution in [0.2, 0.25) is 0 Å². The summed E-state index contributed by atoms with van der Waals surface area (Å²) in [6.07, 6.45) is -1.25. The summed E-state index contributed by atoms with van der Waals surface area (Å²) < 4.78 is 25.9. The van der Waals surface area contributed by atoms with Crippen LogP contribution in [0.1, 0.15) is 22.3 Å². The molecule has 1 aromatic heterocycles.